The van der Waals surface area contributed by atoms with Crippen molar-refractivity contribution in [1.82, 2.24) is 15.2 Å². The molecule has 0 spiro atoms. The summed E-state index contributed by atoms with van der Waals surface area (Å²) in [5.41, 5.74) is 6.02. The highest BCUT2D eigenvalue weighted by atomic mass is 35.5. The lowest BCUT2D eigenvalue weighted by atomic mass is 10.1. The van der Waals surface area contributed by atoms with Crippen molar-refractivity contribution in [2.45, 2.75) is 12.6 Å². The second-order valence-electron chi connectivity index (χ2n) is 8.16. The van der Waals surface area contributed by atoms with Gasteiger partial charge in [0.15, 0.2) is 5.69 Å². The number of benzene rings is 2. The molecule has 0 bridgehead atoms. The number of rotatable bonds is 8. The molecule has 9 nitrogen and oxygen atoms in total. The van der Waals surface area contributed by atoms with Crippen LogP contribution in [0.5, 0.6) is 0 Å². The van der Waals surface area contributed by atoms with E-state index in [4.69, 9.17) is 21.8 Å². The number of hydrogen-bond acceptors (Lipinski definition) is 6. The number of oxazole rings is 1. The van der Waals surface area contributed by atoms with Crippen LogP contribution in [0.4, 0.5) is 14.5 Å². The van der Waals surface area contributed by atoms with Crippen molar-refractivity contribution < 1.29 is 27.6 Å². The summed E-state index contributed by atoms with van der Waals surface area (Å²) in [5.74, 6) is -3.11. The summed E-state index contributed by atoms with van der Waals surface area (Å²) in [4.78, 5) is 42.9. The molecule has 0 unspecified atom stereocenters. The molecule has 3 aromatic rings. The lowest BCUT2D eigenvalue weighted by molar-refractivity contribution is 0.0918. The number of aromatic nitrogens is 1. The maximum absolute atomic E-state index is 13.3. The number of likely N-dealkylation sites (tertiary alicyclic amines) is 1. The maximum atomic E-state index is 13.3. The summed E-state index contributed by atoms with van der Waals surface area (Å²) < 4.78 is 31.9. The van der Waals surface area contributed by atoms with E-state index in [-0.39, 0.29) is 28.7 Å². The lowest BCUT2D eigenvalue weighted by Gasteiger charge is -2.14. The molecule has 4 rings (SSSR count). The van der Waals surface area contributed by atoms with Gasteiger partial charge in [-0.05, 0) is 48.9 Å². The molecule has 2 aromatic carbocycles. The third kappa shape index (κ3) is 5.86. The molecule has 188 valence electrons. The smallest absolute Gasteiger partial charge is 0.287 e. The fourth-order valence-corrected chi connectivity index (χ4v) is 3.99. The SMILES string of the molecule is NC(=O)c1oc(-c2ccc(NC(=O)c3ccc(F)cc3Cl)cc2)nc1C(=O)NCCN1CC[C@H](F)C1. The number of halogens is 3. The highest BCUT2D eigenvalue weighted by Gasteiger charge is 2.25. The zero-order valence-corrected chi connectivity index (χ0v) is 19.6. The van der Waals surface area contributed by atoms with Crippen LogP contribution in [0.25, 0.3) is 11.5 Å². The lowest BCUT2D eigenvalue weighted by Crippen LogP contribution is -2.35. The van der Waals surface area contributed by atoms with Crippen LogP contribution in [0, 0.1) is 5.82 Å². The van der Waals surface area contributed by atoms with E-state index in [1.807, 2.05) is 4.90 Å². The second-order valence-corrected chi connectivity index (χ2v) is 8.57. The molecule has 0 radical (unpaired) electrons. The molecule has 3 amide bonds. The van der Waals surface area contributed by atoms with Gasteiger partial charge in [0.05, 0.1) is 10.6 Å². The van der Waals surface area contributed by atoms with E-state index in [0.717, 1.165) is 12.1 Å². The third-order valence-electron chi connectivity index (χ3n) is 5.56. The molecule has 1 saturated heterocycles. The number of alkyl halides is 1. The molecule has 1 aromatic heterocycles. The van der Waals surface area contributed by atoms with Crippen molar-refractivity contribution in [3.8, 4) is 11.5 Å². The largest absolute Gasteiger partial charge is 0.430 e. The van der Waals surface area contributed by atoms with Gasteiger partial charge in [-0.15, -0.1) is 0 Å². The van der Waals surface area contributed by atoms with E-state index in [9.17, 15) is 23.2 Å². The number of nitrogens with two attached hydrogens (primary N) is 1. The molecule has 36 heavy (non-hydrogen) atoms. The van der Waals surface area contributed by atoms with Crippen LogP contribution < -0.4 is 16.4 Å². The molecule has 1 atom stereocenters. The number of carbonyl (C=O) groups excluding carboxylic acids is 3. The summed E-state index contributed by atoms with van der Waals surface area (Å²) in [6.45, 7) is 1.63. The number of primary amides is 1. The molecule has 1 fully saturated rings. The van der Waals surface area contributed by atoms with Crippen LogP contribution in [0.2, 0.25) is 5.02 Å². The van der Waals surface area contributed by atoms with Gasteiger partial charge < -0.3 is 20.8 Å². The van der Waals surface area contributed by atoms with Crippen molar-refractivity contribution in [2.75, 3.05) is 31.5 Å². The summed E-state index contributed by atoms with van der Waals surface area (Å²) in [5, 5.41) is 5.25. The minimum atomic E-state index is -0.959. The van der Waals surface area contributed by atoms with Crippen molar-refractivity contribution in [3.05, 3.63) is 70.3 Å². The second kappa shape index (κ2) is 10.8. The van der Waals surface area contributed by atoms with Gasteiger partial charge >= 0.3 is 0 Å². The van der Waals surface area contributed by atoms with Crippen molar-refractivity contribution >= 4 is 35.0 Å². The van der Waals surface area contributed by atoms with E-state index in [0.29, 0.717) is 37.3 Å². The first-order valence-corrected chi connectivity index (χ1v) is 11.4. The summed E-state index contributed by atoms with van der Waals surface area (Å²) in [6.07, 6.45) is -0.393. The van der Waals surface area contributed by atoms with E-state index >= 15 is 0 Å². The fraction of sp³-hybridized carbons (Fsp3) is 0.250. The first kappa shape index (κ1) is 25.3. The Morgan fingerprint density at radius 3 is 2.56 bits per heavy atom. The Morgan fingerprint density at radius 2 is 1.92 bits per heavy atom. The molecule has 4 N–H and O–H groups in total. The van der Waals surface area contributed by atoms with Crippen molar-refractivity contribution in [3.63, 3.8) is 0 Å². The van der Waals surface area contributed by atoms with E-state index in [1.165, 1.54) is 6.07 Å². The van der Waals surface area contributed by atoms with E-state index in [1.54, 1.807) is 24.3 Å². The Kier molecular flexibility index (Phi) is 7.61. The van der Waals surface area contributed by atoms with E-state index in [2.05, 4.69) is 15.6 Å². The molecule has 2 heterocycles. The maximum Gasteiger partial charge on any atom is 0.287 e. The quantitative estimate of drug-likeness (QED) is 0.420. The Balaban J connectivity index is 1.43. The zero-order valence-electron chi connectivity index (χ0n) is 18.9. The number of nitrogens with zero attached hydrogens (tertiary/aromatic N) is 2. The van der Waals surface area contributed by atoms with Gasteiger partial charge in [0.1, 0.15) is 12.0 Å². The molecular weight excluding hydrogens is 496 g/mol. The Hall–Kier alpha value is -3.83. The predicted molar refractivity (Wildman–Crippen MR) is 128 cm³/mol. The number of carbonyl (C=O) groups is 3. The zero-order chi connectivity index (χ0) is 25.8. The van der Waals surface area contributed by atoms with Crippen LogP contribution in [0.1, 0.15) is 37.8 Å². The summed E-state index contributed by atoms with van der Waals surface area (Å²) in [6, 6.07) is 9.65. The van der Waals surface area contributed by atoms with Gasteiger partial charge in [0.25, 0.3) is 17.7 Å². The molecule has 1 aliphatic heterocycles. The first-order chi connectivity index (χ1) is 17.2. The third-order valence-corrected chi connectivity index (χ3v) is 5.87. The fourth-order valence-electron chi connectivity index (χ4n) is 3.73. The Labute approximate surface area is 209 Å². The van der Waals surface area contributed by atoms with Gasteiger partial charge in [-0.1, -0.05) is 11.6 Å². The minimum Gasteiger partial charge on any atom is -0.430 e. The van der Waals surface area contributed by atoms with Crippen LogP contribution in [0.15, 0.2) is 46.9 Å². The highest BCUT2D eigenvalue weighted by molar-refractivity contribution is 6.34. The summed E-state index contributed by atoms with van der Waals surface area (Å²) >= 11 is 5.93. The van der Waals surface area contributed by atoms with Crippen molar-refractivity contribution in [1.29, 1.82) is 0 Å². The number of hydrogen-bond donors (Lipinski definition) is 3. The van der Waals surface area contributed by atoms with Crippen LogP contribution in [-0.2, 0) is 0 Å². The molecule has 12 heteroatoms. The molecule has 1 aliphatic rings. The number of amides is 3. The van der Waals surface area contributed by atoms with Gasteiger partial charge in [-0.25, -0.2) is 13.8 Å². The Bertz CT molecular complexity index is 1300. The number of anilines is 1. The van der Waals surface area contributed by atoms with E-state index < -0.39 is 35.5 Å². The monoisotopic (exact) mass is 517 g/mol. The minimum absolute atomic E-state index is 0.0202. The molecule has 0 aliphatic carbocycles. The van der Waals surface area contributed by atoms with Crippen LogP contribution in [0.3, 0.4) is 0 Å². The summed E-state index contributed by atoms with van der Waals surface area (Å²) in [7, 11) is 0. The normalized spacial score (nSPS) is 15.6. The van der Waals surface area contributed by atoms with Crippen molar-refractivity contribution in [2.24, 2.45) is 5.73 Å². The topological polar surface area (TPSA) is 131 Å². The average molecular weight is 518 g/mol. The first-order valence-electron chi connectivity index (χ1n) is 11.0. The van der Waals surface area contributed by atoms with Gasteiger partial charge in [0.2, 0.25) is 11.7 Å². The van der Waals surface area contributed by atoms with Gasteiger partial charge in [0, 0.05) is 37.4 Å². The standard InChI is InChI=1S/C24H22ClF2N5O4/c25-18-11-14(26)3-6-17(18)22(34)30-16-4-1-13(2-5-16)24-31-19(20(36-24)21(28)33)23(35)29-8-10-32-9-7-15(27)12-32/h1-6,11,15H,7-10,12H2,(H2,28,33)(H,29,35)(H,30,34)/t15-/m0/s1. The Morgan fingerprint density at radius 1 is 1.17 bits per heavy atom. The van der Waals surface area contributed by atoms with Crippen LogP contribution >= 0.6 is 11.6 Å². The predicted octanol–water partition coefficient (Wildman–Crippen LogP) is 3.26. The van der Waals surface area contributed by atoms with Crippen LogP contribution in [-0.4, -0.2) is 60.0 Å². The number of nitrogens with one attached hydrogen (secondary N) is 2. The molecular formula is C24H22ClF2N5O4. The highest BCUT2D eigenvalue weighted by Crippen LogP contribution is 2.25. The molecule has 0 saturated carbocycles. The van der Waals surface area contributed by atoms with Gasteiger partial charge in [-0.3, -0.25) is 19.3 Å². The average Bonchev–Trinajstić information content (AvgIpc) is 3.46. The van der Waals surface area contributed by atoms with Gasteiger partial charge in [-0.2, -0.15) is 0 Å².